The van der Waals surface area contributed by atoms with Crippen molar-refractivity contribution in [3.8, 4) is 22.5 Å². The number of hydrogen-bond acceptors (Lipinski definition) is 4. The fraction of sp³-hybridized carbons (Fsp3) is 0.0800. The van der Waals surface area contributed by atoms with Gasteiger partial charge in [-0.1, -0.05) is 78.5 Å². The number of anilines is 1. The molecule has 3 aromatic carbocycles. The Kier molecular flexibility index (Phi) is 6.38. The summed E-state index contributed by atoms with van der Waals surface area (Å²) in [6.07, 6.45) is 0. The summed E-state index contributed by atoms with van der Waals surface area (Å²) >= 11 is 1.24. The topological polar surface area (TPSA) is 54.9 Å². The van der Waals surface area contributed by atoms with E-state index in [0.29, 0.717) is 16.4 Å². The largest absolute Gasteiger partial charge is 0.325 e. The number of nitrogens with zero attached hydrogens (tertiary/aromatic N) is 2. The molecule has 0 radical (unpaired) electrons. The minimum atomic E-state index is -0.350. The van der Waals surface area contributed by atoms with Crippen LogP contribution in [-0.2, 0) is 4.79 Å². The average molecular weight is 430 g/mol. The number of carbonyl (C=O) groups is 1. The summed E-state index contributed by atoms with van der Waals surface area (Å²) in [6.45, 7) is 1.68. The first-order valence-electron chi connectivity index (χ1n) is 9.77. The van der Waals surface area contributed by atoms with Gasteiger partial charge in [0.15, 0.2) is 5.16 Å². The van der Waals surface area contributed by atoms with Gasteiger partial charge in [-0.05, 0) is 30.7 Å². The lowest BCUT2D eigenvalue weighted by Gasteiger charge is -2.09. The lowest BCUT2D eigenvalue weighted by atomic mass is 10.1. The normalized spacial score (nSPS) is 10.6. The number of aromatic nitrogens is 2. The molecule has 0 fully saturated rings. The maximum atomic E-state index is 13.7. The molecule has 4 rings (SSSR count). The highest BCUT2D eigenvalue weighted by atomic mass is 32.2. The van der Waals surface area contributed by atoms with E-state index in [1.54, 1.807) is 19.1 Å². The van der Waals surface area contributed by atoms with Crippen LogP contribution in [0.15, 0.2) is 90.1 Å². The van der Waals surface area contributed by atoms with Crippen molar-refractivity contribution in [3.05, 3.63) is 96.3 Å². The zero-order valence-corrected chi connectivity index (χ0v) is 17.7. The second-order valence-corrected chi connectivity index (χ2v) is 7.90. The van der Waals surface area contributed by atoms with Crippen LogP contribution >= 0.6 is 11.8 Å². The first kappa shape index (κ1) is 20.8. The van der Waals surface area contributed by atoms with Crippen LogP contribution in [-0.4, -0.2) is 21.6 Å². The van der Waals surface area contributed by atoms with Gasteiger partial charge in [0, 0.05) is 16.8 Å². The predicted octanol–water partition coefficient (Wildman–Crippen LogP) is 5.99. The van der Waals surface area contributed by atoms with Gasteiger partial charge in [-0.25, -0.2) is 14.4 Å². The van der Waals surface area contributed by atoms with Crippen molar-refractivity contribution in [3.63, 3.8) is 0 Å². The van der Waals surface area contributed by atoms with Gasteiger partial charge >= 0.3 is 0 Å². The fourth-order valence-corrected chi connectivity index (χ4v) is 3.66. The number of rotatable bonds is 6. The first-order valence-corrected chi connectivity index (χ1v) is 10.8. The zero-order valence-electron chi connectivity index (χ0n) is 16.9. The highest BCUT2D eigenvalue weighted by Gasteiger charge is 2.11. The molecule has 0 aliphatic heterocycles. The molecule has 0 aliphatic carbocycles. The van der Waals surface area contributed by atoms with Gasteiger partial charge in [0.25, 0.3) is 0 Å². The molecule has 0 aliphatic rings. The number of carbonyl (C=O) groups excluding carboxylic acids is 1. The maximum Gasteiger partial charge on any atom is 0.234 e. The zero-order chi connectivity index (χ0) is 21.6. The van der Waals surface area contributed by atoms with E-state index < -0.39 is 0 Å². The molecule has 4 aromatic rings. The van der Waals surface area contributed by atoms with Crippen molar-refractivity contribution in [2.45, 2.75) is 12.1 Å². The predicted molar refractivity (Wildman–Crippen MR) is 123 cm³/mol. The SMILES string of the molecule is Cc1ccc(NC(=O)CSc2nc(-c3ccccc3)cc(-c3ccccc3)n2)cc1F. The van der Waals surface area contributed by atoms with E-state index in [1.165, 1.54) is 17.8 Å². The van der Waals surface area contributed by atoms with Crippen LogP contribution in [0.1, 0.15) is 5.56 Å². The smallest absolute Gasteiger partial charge is 0.234 e. The van der Waals surface area contributed by atoms with Gasteiger partial charge in [0.1, 0.15) is 5.82 Å². The van der Waals surface area contributed by atoms with E-state index in [4.69, 9.17) is 0 Å². The minimum Gasteiger partial charge on any atom is -0.325 e. The molecule has 0 unspecified atom stereocenters. The number of halogens is 1. The fourth-order valence-electron chi connectivity index (χ4n) is 3.00. The third kappa shape index (κ3) is 5.35. The Morgan fingerprint density at radius 2 is 1.45 bits per heavy atom. The highest BCUT2D eigenvalue weighted by Crippen LogP contribution is 2.27. The van der Waals surface area contributed by atoms with Crippen LogP contribution in [0.4, 0.5) is 10.1 Å². The standard InChI is InChI=1S/C25H20FN3OS/c1-17-12-13-20(14-21(17)26)27-24(30)16-31-25-28-22(18-8-4-2-5-9-18)15-23(29-25)19-10-6-3-7-11-19/h2-15H,16H2,1H3,(H,27,30). The Balaban J connectivity index is 1.55. The summed E-state index contributed by atoms with van der Waals surface area (Å²) in [5.74, 6) is -0.484. The Morgan fingerprint density at radius 1 is 0.871 bits per heavy atom. The van der Waals surface area contributed by atoms with Crippen LogP contribution in [0, 0.1) is 12.7 Å². The number of benzene rings is 3. The van der Waals surface area contributed by atoms with E-state index in [2.05, 4.69) is 15.3 Å². The molecular formula is C25H20FN3OS. The minimum absolute atomic E-state index is 0.113. The van der Waals surface area contributed by atoms with Gasteiger partial charge in [-0.15, -0.1) is 0 Å². The Hall–Kier alpha value is -3.51. The molecule has 4 nitrogen and oxygen atoms in total. The second-order valence-electron chi connectivity index (χ2n) is 6.95. The van der Waals surface area contributed by atoms with E-state index in [0.717, 1.165) is 22.5 Å². The number of hydrogen-bond donors (Lipinski definition) is 1. The molecular weight excluding hydrogens is 409 g/mol. The van der Waals surface area contributed by atoms with Crippen molar-refractivity contribution >= 4 is 23.4 Å². The molecule has 0 bridgehead atoms. The van der Waals surface area contributed by atoms with Gasteiger partial charge in [-0.2, -0.15) is 0 Å². The summed E-state index contributed by atoms with van der Waals surface area (Å²) in [5.41, 5.74) is 4.49. The molecule has 0 saturated carbocycles. The lowest BCUT2D eigenvalue weighted by Crippen LogP contribution is -2.14. The van der Waals surface area contributed by atoms with Gasteiger partial charge in [0.2, 0.25) is 5.91 Å². The average Bonchev–Trinajstić information content (AvgIpc) is 2.81. The third-order valence-corrected chi connectivity index (χ3v) is 5.48. The Morgan fingerprint density at radius 3 is 2.00 bits per heavy atom. The van der Waals surface area contributed by atoms with E-state index >= 15 is 0 Å². The number of aryl methyl sites for hydroxylation is 1. The molecule has 1 N–H and O–H groups in total. The van der Waals surface area contributed by atoms with Crippen molar-refractivity contribution in [1.82, 2.24) is 9.97 Å². The summed E-state index contributed by atoms with van der Waals surface area (Å²) in [6, 6.07) is 26.3. The molecule has 154 valence electrons. The van der Waals surface area contributed by atoms with Crippen LogP contribution in [0.2, 0.25) is 0 Å². The van der Waals surface area contributed by atoms with Crippen molar-refractivity contribution in [2.75, 3.05) is 11.1 Å². The Bertz CT molecular complexity index is 1140. The molecule has 1 aromatic heterocycles. The summed E-state index contributed by atoms with van der Waals surface area (Å²) in [4.78, 5) is 21.7. The maximum absolute atomic E-state index is 13.7. The molecule has 6 heteroatoms. The van der Waals surface area contributed by atoms with Crippen LogP contribution < -0.4 is 5.32 Å². The molecule has 0 atom stereocenters. The summed E-state index contributed by atoms with van der Waals surface area (Å²) in [5, 5.41) is 3.22. The van der Waals surface area contributed by atoms with Crippen molar-refractivity contribution in [1.29, 1.82) is 0 Å². The molecule has 1 amide bonds. The van der Waals surface area contributed by atoms with Crippen LogP contribution in [0.25, 0.3) is 22.5 Å². The molecule has 1 heterocycles. The third-order valence-electron chi connectivity index (χ3n) is 4.63. The van der Waals surface area contributed by atoms with E-state index in [1.807, 2.05) is 66.7 Å². The lowest BCUT2D eigenvalue weighted by molar-refractivity contribution is -0.113. The van der Waals surface area contributed by atoms with Crippen LogP contribution in [0.3, 0.4) is 0 Å². The quantitative estimate of drug-likeness (QED) is 0.302. The second kappa shape index (κ2) is 9.53. The van der Waals surface area contributed by atoms with E-state index in [-0.39, 0.29) is 17.5 Å². The van der Waals surface area contributed by atoms with Gasteiger partial charge in [-0.3, -0.25) is 4.79 Å². The highest BCUT2D eigenvalue weighted by molar-refractivity contribution is 7.99. The monoisotopic (exact) mass is 429 g/mol. The molecule has 31 heavy (non-hydrogen) atoms. The van der Waals surface area contributed by atoms with Crippen molar-refractivity contribution < 1.29 is 9.18 Å². The first-order chi connectivity index (χ1) is 15.1. The molecule has 0 saturated heterocycles. The summed E-state index contributed by atoms with van der Waals surface area (Å²) < 4.78 is 13.7. The molecule has 0 spiro atoms. The van der Waals surface area contributed by atoms with E-state index in [9.17, 15) is 9.18 Å². The van der Waals surface area contributed by atoms with Gasteiger partial charge < -0.3 is 5.32 Å². The van der Waals surface area contributed by atoms with Gasteiger partial charge in [0.05, 0.1) is 17.1 Å². The Labute approximate surface area is 184 Å². The number of nitrogens with one attached hydrogen (secondary N) is 1. The van der Waals surface area contributed by atoms with Crippen molar-refractivity contribution in [2.24, 2.45) is 0 Å². The van der Waals surface area contributed by atoms with Crippen LogP contribution in [0.5, 0.6) is 0 Å². The number of thioether (sulfide) groups is 1. The number of amides is 1. The summed E-state index contributed by atoms with van der Waals surface area (Å²) in [7, 11) is 0.